The van der Waals surface area contributed by atoms with Crippen molar-refractivity contribution in [1.29, 1.82) is 0 Å². The summed E-state index contributed by atoms with van der Waals surface area (Å²) < 4.78 is 1.92. The lowest BCUT2D eigenvalue weighted by Crippen LogP contribution is -2.59. The monoisotopic (exact) mass is 199 g/mol. The number of fused-ring (bicyclic) bond motifs is 1. The highest BCUT2D eigenvalue weighted by Gasteiger charge is 2.33. The van der Waals surface area contributed by atoms with Crippen LogP contribution in [0.3, 0.4) is 0 Å². The van der Waals surface area contributed by atoms with Gasteiger partial charge >= 0.3 is 5.11 Å². The van der Waals surface area contributed by atoms with E-state index in [0.717, 1.165) is 5.69 Å². The van der Waals surface area contributed by atoms with Gasteiger partial charge in [-0.15, -0.1) is 6.08 Å². The molecule has 1 nitrogen and oxygen atoms in total. The fourth-order valence-electron chi connectivity index (χ4n) is 1.42. The molecule has 0 saturated heterocycles. The second-order valence-electron chi connectivity index (χ2n) is 2.94. The van der Waals surface area contributed by atoms with Gasteiger partial charge in [-0.1, -0.05) is 12.4 Å². The molecule has 62 valence electrons. The molecule has 0 N–H and O–H groups in total. The SMILES string of the molecule is Cl[B-]1(Cl)CC=Cc2cccc[n+]21. The number of nitrogens with zero attached hydrogens (tertiary/aromatic N) is 1. The quantitative estimate of drug-likeness (QED) is 0.565. The standard InChI is InChI=1S/C8H8BCl2N/c10-9(11)6-3-5-8-4-1-2-7-12(8)9/h1-5,7H,6H2. The Labute approximate surface area is 81.4 Å². The van der Waals surface area contributed by atoms with E-state index in [1.807, 2.05) is 41.0 Å². The van der Waals surface area contributed by atoms with Crippen LogP contribution in [0.15, 0.2) is 30.5 Å². The molecular formula is C8H8BCl2N. The van der Waals surface area contributed by atoms with E-state index in [-0.39, 0.29) is 0 Å². The molecule has 2 heterocycles. The van der Waals surface area contributed by atoms with E-state index in [1.165, 1.54) is 0 Å². The van der Waals surface area contributed by atoms with E-state index < -0.39 is 5.11 Å². The molecule has 0 amide bonds. The molecule has 0 aliphatic carbocycles. The maximum Gasteiger partial charge on any atom is 0.450 e. The van der Waals surface area contributed by atoms with Crippen LogP contribution >= 0.6 is 22.9 Å². The zero-order valence-corrected chi connectivity index (χ0v) is 7.96. The van der Waals surface area contributed by atoms with Crippen LogP contribution in [0.4, 0.5) is 0 Å². The van der Waals surface area contributed by atoms with Crippen molar-refractivity contribution in [3.05, 3.63) is 36.2 Å². The minimum absolute atomic E-state index is 0.713. The van der Waals surface area contributed by atoms with Crippen molar-refractivity contribution in [2.45, 2.75) is 6.32 Å². The third-order valence-corrected chi connectivity index (χ3v) is 2.82. The fourth-order valence-corrected chi connectivity index (χ4v) is 1.98. The van der Waals surface area contributed by atoms with E-state index >= 15 is 0 Å². The molecule has 0 radical (unpaired) electrons. The molecule has 2 rings (SSSR count). The zero-order chi connectivity index (χ0) is 8.60. The van der Waals surface area contributed by atoms with Gasteiger partial charge in [0, 0.05) is 6.07 Å². The zero-order valence-electron chi connectivity index (χ0n) is 6.45. The van der Waals surface area contributed by atoms with Crippen molar-refractivity contribution in [2.24, 2.45) is 0 Å². The lowest BCUT2D eigenvalue weighted by molar-refractivity contribution is -0.540. The van der Waals surface area contributed by atoms with Gasteiger partial charge in [0.1, 0.15) is 6.20 Å². The molecule has 0 unspecified atom stereocenters. The third kappa shape index (κ3) is 1.25. The Morgan fingerprint density at radius 1 is 1.33 bits per heavy atom. The normalized spacial score (nSPS) is 18.8. The number of halogens is 2. The average molecular weight is 200 g/mol. The van der Waals surface area contributed by atoms with Gasteiger partial charge in [-0.05, 0) is 12.1 Å². The first-order valence-corrected chi connectivity index (χ1v) is 4.78. The van der Waals surface area contributed by atoms with Gasteiger partial charge in [-0.2, -0.15) is 0 Å². The third-order valence-electron chi connectivity index (χ3n) is 2.04. The van der Waals surface area contributed by atoms with Crippen LogP contribution in [0, 0.1) is 0 Å². The van der Waals surface area contributed by atoms with Gasteiger partial charge in [0.2, 0.25) is 0 Å². The van der Waals surface area contributed by atoms with E-state index in [2.05, 4.69) is 0 Å². The average Bonchev–Trinajstić information content (AvgIpc) is 2.04. The summed E-state index contributed by atoms with van der Waals surface area (Å²) in [4.78, 5) is 0. The molecule has 1 aliphatic heterocycles. The summed E-state index contributed by atoms with van der Waals surface area (Å²) in [6, 6.07) is 5.91. The van der Waals surface area contributed by atoms with E-state index in [0.29, 0.717) is 6.32 Å². The Kier molecular flexibility index (Phi) is 1.89. The Balaban J connectivity index is 2.60. The molecule has 0 spiro atoms. The van der Waals surface area contributed by atoms with Crippen LogP contribution in [-0.4, -0.2) is 5.11 Å². The minimum Gasteiger partial charge on any atom is -0.393 e. The lowest BCUT2D eigenvalue weighted by Gasteiger charge is -2.24. The molecule has 0 atom stereocenters. The predicted octanol–water partition coefficient (Wildman–Crippen LogP) is 2.27. The Morgan fingerprint density at radius 3 is 2.92 bits per heavy atom. The lowest BCUT2D eigenvalue weighted by atomic mass is 9.80. The van der Waals surface area contributed by atoms with Gasteiger partial charge in [0.05, 0.1) is 0 Å². The van der Waals surface area contributed by atoms with Crippen molar-refractivity contribution < 1.29 is 4.48 Å². The molecule has 4 heteroatoms. The predicted molar refractivity (Wildman–Crippen MR) is 53.3 cm³/mol. The number of hydrogen-bond donors (Lipinski definition) is 0. The summed E-state index contributed by atoms with van der Waals surface area (Å²) in [5.41, 5.74) is 1.06. The van der Waals surface area contributed by atoms with Gasteiger partial charge < -0.3 is 4.48 Å². The number of allylic oxidation sites excluding steroid dienone is 1. The minimum atomic E-state index is -1.45. The summed E-state index contributed by atoms with van der Waals surface area (Å²) >= 11 is 12.3. The maximum absolute atomic E-state index is 6.14. The van der Waals surface area contributed by atoms with Crippen LogP contribution in [0.25, 0.3) is 6.08 Å². The Bertz CT molecular complexity index is 336. The summed E-state index contributed by atoms with van der Waals surface area (Å²) in [5, 5.41) is -1.45. The first-order valence-electron chi connectivity index (χ1n) is 3.90. The van der Waals surface area contributed by atoms with E-state index in [9.17, 15) is 0 Å². The number of pyridine rings is 1. The molecular weight excluding hydrogens is 192 g/mol. The second kappa shape index (κ2) is 2.79. The highest BCUT2D eigenvalue weighted by molar-refractivity contribution is 7.41. The van der Waals surface area contributed by atoms with Gasteiger partial charge in [-0.25, -0.2) is 0 Å². The Morgan fingerprint density at radius 2 is 2.17 bits per heavy atom. The highest BCUT2D eigenvalue weighted by Crippen LogP contribution is 2.21. The first-order chi connectivity index (χ1) is 5.70. The summed E-state index contributed by atoms with van der Waals surface area (Å²) in [6.07, 6.45) is 6.67. The van der Waals surface area contributed by atoms with Gasteiger partial charge in [0.15, 0.2) is 5.69 Å². The van der Waals surface area contributed by atoms with Gasteiger partial charge in [0.25, 0.3) is 0 Å². The second-order valence-corrected chi connectivity index (χ2v) is 4.61. The van der Waals surface area contributed by atoms with Crippen LogP contribution in [-0.2, 0) is 0 Å². The van der Waals surface area contributed by atoms with Crippen LogP contribution in [0.1, 0.15) is 5.69 Å². The van der Waals surface area contributed by atoms with E-state index in [4.69, 9.17) is 22.9 Å². The molecule has 12 heavy (non-hydrogen) atoms. The van der Waals surface area contributed by atoms with Crippen LogP contribution in [0.2, 0.25) is 6.32 Å². The molecule has 0 saturated carbocycles. The number of hydrogen-bond acceptors (Lipinski definition) is 0. The summed E-state index contributed by atoms with van der Waals surface area (Å²) in [5.74, 6) is 0. The number of rotatable bonds is 0. The first kappa shape index (κ1) is 8.15. The summed E-state index contributed by atoms with van der Waals surface area (Å²) in [6.45, 7) is 0. The molecule has 1 aromatic heterocycles. The smallest absolute Gasteiger partial charge is 0.393 e. The molecule has 0 bridgehead atoms. The number of aromatic nitrogens is 1. The van der Waals surface area contributed by atoms with Crippen LogP contribution < -0.4 is 4.48 Å². The van der Waals surface area contributed by atoms with Crippen LogP contribution in [0.5, 0.6) is 0 Å². The van der Waals surface area contributed by atoms with Crippen molar-refractivity contribution in [3.8, 4) is 0 Å². The molecule has 1 aliphatic rings. The molecule has 1 aromatic rings. The van der Waals surface area contributed by atoms with Crippen molar-refractivity contribution in [1.82, 2.24) is 0 Å². The van der Waals surface area contributed by atoms with E-state index in [1.54, 1.807) is 0 Å². The summed E-state index contributed by atoms with van der Waals surface area (Å²) in [7, 11) is 0. The highest BCUT2D eigenvalue weighted by atomic mass is 35.5. The maximum atomic E-state index is 6.14. The molecule has 0 fully saturated rings. The molecule has 0 aromatic carbocycles. The van der Waals surface area contributed by atoms with Gasteiger partial charge in [-0.3, -0.25) is 22.9 Å². The van der Waals surface area contributed by atoms with Crippen molar-refractivity contribution >= 4 is 34.1 Å². The van der Waals surface area contributed by atoms with Crippen molar-refractivity contribution in [2.75, 3.05) is 0 Å². The largest absolute Gasteiger partial charge is 0.450 e. The van der Waals surface area contributed by atoms with Crippen molar-refractivity contribution in [3.63, 3.8) is 0 Å². The Hall–Kier alpha value is -0.465. The fraction of sp³-hybridized carbons (Fsp3) is 0.125. The topological polar surface area (TPSA) is 3.88 Å².